The smallest absolute Gasteiger partial charge is 0.137 e. The van der Waals surface area contributed by atoms with E-state index in [0.717, 1.165) is 23.2 Å². The highest BCUT2D eigenvalue weighted by atomic mass is 79.9. The van der Waals surface area contributed by atoms with Crippen molar-refractivity contribution in [2.45, 2.75) is 26.3 Å². The summed E-state index contributed by atoms with van der Waals surface area (Å²) in [6, 6.07) is 9.94. The van der Waals surface area contributed by atoms with Crippen molar-refractivity contribution in [2.24, 2.45) is 0 Å². The van der Waals surface area contributed by atoms with E-state index in [4.69, 9.17) is 0 Å². The van der Waals surface area contributed by atoms with Crippen molar-refractivity contribution in [3.63, 3.8) is 0 Å². The van der Waals surface area contributed by atoms with Crippen LogP contribution in [0.1, 0.15) is 29.7 Å². The van der Waals surface area contributed by atoms with Crippen LogP contribution in [0.3, 0.4) is 0 Å². The van der Waals surface area contributed by atoms with Crippen LogP contribution in [0.25, 0.3) is 0 Å². The topological polar surface area (TPSA) is 12.0 Å². The fraction of sp³-hybridized carbons (Fsp3) is 0.294. The molecule has 0 radical (unpaired) electrons. The summed E-state index contributed by atoms with van der Waals surface area (Å²) in [6.45, 7) is 4.63. The molecule has 0 heterocycles. The third-order valence-corrected chi connectivity index (χ3v) is 4.26. The lowest BCUT2D eigenvalue weighted by Crippen LogP contribution is -2.23. The monoisotopic (exact) mass is 353 g/mol. The maximum absolute atomic E-state index is 13.6. The first kappa shape index (κ1) is 16.1. The molecule has 0 aromatic heterocycles. The molecule has 2 aromatic carbocycles. The van der Waals surface area contributed by atoms with Crippen molar-refractivity contribution in [1.29, 1.82) is 0 Å². The first-order valence-corrected chi connectivity index (χ1v) is 7.74. The van der Waals surface area contributed by atoms with E-state index in [0.29, 0.717) is 10.9 Å². The molecule has 0 aliphatic heterocycles. The van der Waals surface area contributed by atoms with E-state index in [9.17, 15) is 8.78 Å². The Kier molecular flexibility index (Phi) is 5.48. The van der Waals surface area contributed by atoms with Crippen LogP contribution in [0.4, 0.5) is 8.78 Å². The molecule has 1 N–H and O–H groups in total. The van der Waals surface area contributed by atoms with Crippen LogP contribution in [0, 0.1) is 18.6 Å². The number of aryl methyl sites for hydroxylation is 1. The Balaban J connectivity index is 2.32. The summed E-state index contributed by atoms with van der Waals surface area (Å²) >= 11 is 3.28. The van der Waals surface area contributed by atoms with Gasteiger partial charge in [0.1, 0.15) is 11.6 Å². The predicted molar refractivity (Wildman–Crippen MR) is 85.4 cm³/mol. The van der Waals surface area contributed by atoms with E-state index >= 15 is 0 Å². The standard InChI is InChI=1S/C17H18BrF2N/c1-3-21-16(13-7-11(2)8-14(19)9-13)10-12-5-4-6-15(20)17(12)18/h4-9,16,21H,3,10H2,1-2H3. The van der Waals surface area contributed by atoms with Gasteiger partial charge < -0.3 is 5.32 Å². The SMILES string of the molecule is CCNC(Cc1cccc(F)c1Br)c1cc(C)cc(F)c1. The van der Waals surface area contributed by atoms with Gasteiger partial charge in [-0.1, -0.05) is 25.1 Å². The molecule has 112 valence electrons. The third-order valence-electron chi connectivity index (χ3n) is 3.37. The fourth-order valence-electron chi connectivity index (χ4n) is 2.45. The molecular weight excluding hydrogens is 336 g/mol. The van der Waals surface area contributed by atoms with Gasteiger partial charge >= 0.3 is 0 Å². The number of rotatable bonds is 5. The average molecular weight is 354 g/mol. The molecule has 0 saturated heterocycles. The van der Waals surface area contributed by atoms with Gasteiger partial charge in [-0.15, -0.1) is 0 Å². The van der Waals surface area contributed by atoms with Crippen molar-refractivity contribution in [3.8, 4) is 0 Å². The molecule has 2 aromatic rings. The zero-order chi connectivity index (χ0) is 15.4. The van der Waals surface area contributed by atoms with E-state index in [1.807, 2.05) is 26.0 Å². The van der Waals surface area contributed by atoms with Gasteiger partial charge in [-0.05, 0) is 70.7 Å². The summed E-state index contributed by atoms with van der Waals surface area (Å²) in [6.07, 6.45) is 0.592. The van der Waals surface area contributed by atoms with Gasteiger partial charge in [0.2, 0.25) is 0 Å². The molecule has 1 unspecified atom stereocenters. The number of benzene rings is 2. The fourth-order valence-corrected chi connectivity index (χ4v) is 2.87. The van der Waals surface area contributed by atoms with E-state index in [1.165, 1.54) is 18.2 Å². The Morgan fingerprint density at radius 3 is 2.62 bits per heavy atom. The van der Waals surface area contributed by atoms with Gasteiger partial charge in [0.15, 0.2) is 0 Å². The van der Waals surface area contributed by atoms with Crippen LogP contribution in [0.5, 0.6) is 0 Å². The minimum atomic E-state index is -0.279. The van der Waals surface area contributed by atoms with E-state index < -0.39 is 0 Å². The number of halogens is 3. The van der Waals surface area contributed by atoms with Gasteiger partial charge in [0.25, 0.3) is 0 Å². The lowest BCUT2D eigenvalue weighted by molar-refractivity contribution is 0.538. The normalized spacial score (nSPS) is 12.4. The zero-order valence-corrected chi connectivity index (χ0v) is 13.7. The molecular formula is C17H18BrF2N. The molecule has 21 heavy (non-hydrogen) atoms. The van der Waals surface area contributed by atoms with Crippen LogP contribution >= 0.6 is 15.9 Å². The van der Waals surface area contributed by atoms with Crippen molar-refractivity contribution < 1.29 is 8.78 Å². The Labute approximate surface area is 132 Å². The van der Waals surface area contributed by atoms with E-state index in [-0.39, 0.29) is 17.7 Å². The molecule has 0 amide bonds. The minimum Gasteiger partial charge on any atom is -0.310 e. The summed E-state index contributed by atoms with van der Waals surface area (Å²) < 4.78 is 27.7. The molecule has 4 heteroatoms. The molecule has 1 nitrogen and oxygen atoms in total. The number of hydrogen-bond acceptors (Lipinski definition) is 1. The first-order valence-electron chi connectivity index (χ1n) is 6.94. The molecule has 0 aliphatic carbocycles. The maximum Gasteiger partial charge on any atom is 0.137 e. The second-order valence-electron chi connectivity index (χ2n) is 5.09. The Bertz CT molecular complexity index is 608. The molecule has 2 rings (SSSR count). The van der Waals surface area contributed by atoms with Crippen LogP contribution in [0.15, 0.2) is 40.9 Å². The first-order chi connectivity index (χ1) is 10.0. The van der Waals surface area contributed by atoms with Crippen molar-refractivity contribution in [3.05, 3.63) is 69.2 Å². The van der Waals surface area contributed by atoms with E-state index in [1.54, 1.807) is 6.07 Å². The largest absolute Gasteiger partial charge is 0.310 e. The predicted octanol–water partition coefficient (Wildman–Crippen LogP) is 4.93. The highest BCUT2D eigenvalue weighted by molar-refractivity contribution is 9.10. The Hall–Kier alpha value is -1.26. The highest BCUT2D eigenvalue weighted by Gasteiger charge is 2.15. The second-order valence-corrected chi connectivity index (χ2v) is 5.88. The van der Waals surface area contributed by atoms with Crippen molar-refractivity contribution in [2.75, 3.05) is 6.54 Å². The van der Waals surface area contributed by atoms with Gasteiger partial charge in [-0.3, -0.25) is 0 Å². The lowest BCUT2D eigenvalue weighted by Gasteiger charge is -2.20. The third kappa shape index (κ3) is 4.11. The van der Waals surface area contributed by atoms with Crippen molar-refractivity contribution >= 4 is 15.9 Å². The van der Waals surface area contributed by atoms with Crippen LogP contribution in [0.2, 0.25) is 0 Å². The van der Waals surface area contributed by atoms with Crippen LogP contribution in [-0.2, 0) is 6.42 Å². The van der Waals surface area contributed by atoms with Gasteiger partial charge in [0.05, 0.1) is 4.47 Å². The Morgan fingerprint density at radius 2 is 1.95 bits per heavy atom. The van der Waals surface area contributed by atoms with Gasteiger partial charge in [0, 0.05) is 6.04 Å². The molecule has 0 saturated carbocycles. The number of hydrogen-bond donors (Lipinski definition) is 1. The second kappa shape index (κ2) is 7.14. The van der Waals surface area contributed by atoms with Gasteiger partial charge in [-0.2, -0.15) is 0 Å². The summed E-state index contributed by atoms with van der Waals surface area (Å²) in [4.78, 5) is 0. The average Bonchev–Trinajstić information content (AvgIpc) is 2.42. The van der Waals surface area contributed by atoms with Crippen LogP contribution < -0.4 is 5.32 Å². The molecule has 1 atom stereocenters. The summed E-state index contributed by atoms with van der Waals surface area (Å²) in [7, 11) is 0. The quantitative estimate of drug-likeness (QED) is 0.803. The number of likely N-dealkylation sites (N-methyl/N-ethyl adjacent to an activating group) is 1. The van der Waals surface area contributed by atoms with E-state index in [2.05, 4.69) is 21.2 Å². The maximum atomic E-state index is 13.6. The molecule has 0 aliphatic rings. The van der Waals surface area contributed by atoms with Crippen molar-refractivity contribution in [1.82, 2.24) is 5.32 Å². The van der Waals surface area contributed by atoms with Gasteiger partial charge in [-0.25, -0.2) is 8.78 Å². The number of nitrogens with one attached hydrogen (secondary N) is 1. The summed E-state index contributed by atoms with van der Waals surface area (Å²) in [5, 5.41) is 3.34. The molecule has 0 fully saturated rings. The molecule has 0 spiro atoms. The summed E-state index contributed by atoms with van der Waals surface area (Å²) in [5.74, 6) is -0.524. The highest BCUT2D eigenvalue weighted by Crippen LogP contribution is 2.27. The zero-order valence-electron chi connectivity index (χ0n) is 12.1. The van der Waals surface area contributed by atoms with Crippen LogP contribution in [-0.4, -0.2) is 6.54 Å². The minimum absolute atomic E-state index is 0.0532. The summed E-state index contributed by atoms with van der Waals surface area (Å²) in [5.41, 5.74) is 2.62. The lowest BCUT2D eigenvalue weighted by atomic mass is 9.97. The molecule has 0 bridgehead atoms. The Morgan fingerprint density at radius 1 is 1.19 bits per heavy atom.